The third-order valence-corrected chi connectivity index (χ3v) is 4.16. The monoisotopic (exact) mass is 346 g/mol. The van der Waals surface area contributed by atoms with E-state index in [0.29, 0.717) is 12.2 Å². The smallest absolute Gasteiger partial charge is 0.315 e. The molecule has 2 aromatic carbocycles. The molecule has 0 aliphatic heterocycles. The zero-order valence-corrected chi connectivity index (χ0v) is 12.9. The van der Waals surface area contributed by atoms with Gasteiger partial charge in [0.05, 0.1) is 6.42 Å². The number of benzene rings is 2. The van der Waals surface area contributed by atoms with Gasteiger partial charge in [0.25, 0.3) is 0 Å². The number of thiophene rings is 1. The van der Waals surface area contributed by atoms with Crippen LogP contribution in [0.4, 0.5) is 0 Å². The van der Waals surface area contributed by atoms with Crippen LogP contribution in [0.5, 0.6) is 5.75 Å². The number of hydrogen-bond donors (Lipinski definition) is 0. The van der Waals surface area contributed by atoms with Gasteiger partial charge in [-0.05, 0) is 57.4 Å². The zero-order chi connectivity index (χ0) is 13.9. The van der Waals surface area contributed by atoms with Crippen molar-refractivity contribution in [2.45, 2.75) is 6.42 Å². The first kappa shape index (κ1) is 13.3. The maximum Gasteiger partial charge on any atom is 0.315 e. The molecule has 20 heavy (non-hydrogen) atoms. The number of rotatable bonds is 3. The molecule has 0 unspecified atom stereocenters. The van der Waals surface area contributed by atoms with Crippen molar-refractivity contribution in [3.8, 4) is 5.75 Å². The van der Waals surface area contributed by atoms with Crippen LogP contribution in [-0.4, -0.2) is 5.97 Å². The summed E-state index contributed by atoms with van der Waals surface area (Å²) < 4.78 is 6.41. The van der Waals surface area contributed by atoms with Gasteiger partial charge in [-0.3, -0.25) is 4.79 Å². The Morgan fingerprint density at radius 3 is 2.70 bits per heavy atom. The molecule has 100 valence electrons. The number of fused-ring (bicyclic) bond motifs is 1. The molecular weight excluding hydrogens is 336 g/mol. The van der Waals surface area contributed by atoms with E-state index in [9.17, 15) is 4.79 Å². The van der Waals surface area contributed by atoms with Crippen LogP contribution in [0.1, 0.15) is 5.56 Å². The predicted molar refractivity (Wildman–Crippen MR) is 85.3 cm³/mol. The Morgan fingerprint density at radius 2 is 1.90 bits per heavy atom. The van der Waals surface area contributed by atoms with Gasteiger partial charge in [-0.15, -0.1) is 0 Å². The second-order valence-electron chi connectivity index (χ2n) is 4.44. The Kier molecular flexibility index (Phi) is 3.85. The van der Waals surface area contributed by atoms with Crippen molar-refractivity contribution in [3.63, 3.8) is 0 Å². The Hall–Kier alpha value is -1.65. The summed E-state index contributed by atoms with van der Waals surface area (Å²) in [6, 6.07) is 13.6. The van der Waals surface area contributed by atoms with E-state index in [4.69, 9.17) is 4.74 Å². The van der Waals surface area contributed by atoms with Gasteiger partial charge >= 0.3 is 5.97 Å². The lowest BCUT2D eigenvalue weighted by molar-refractivity contribution is -0.133. The zero-order valence-electron chi connectivity index (χ0n) is 10.5. The molecule has 0 radical (unpaired) electrons. The molecule has 1 aromatic heterocycles. The van der Waals surface area contributed by atoms with E-state index >= 15 is 0 Å². The SMILES string of the molecule is O=C(Cc1ccsc1)Oc1ccc2cc(Br)ccc2c1. The topological polar surface area (TPSA) is 26.3 Å². The van der Waals surface area contributed by atoms with Gasteiger partial charge in [0.2, 0.25) is 0 Å². The fraction of sp³-hybridized carbons (Fsp3) is 0.0625. The van der Waals surface area contributed by atoms with Gasteiger partial charge in [0, 0.05) is 4.47 Å². The molecule has 0 bridgehead atoms. The summed E-state index contributed by atoms with van der Waals surface area (Å²) in [6.07, 6.45) is 0.307. The number of halogens is 1. The van der Waals surface area contributed by atoms with Gasteiger partial charge in [-0.1, -0.05) is 28.1 Å². The summed E-state index contributed by atoms with van der Waals surface area (Å²) >= 11 is 5.02. The minimum Gasteiger partial charge on any atom is -0.426 e. The standard InChI is InChI=1S/C16H11BrO2S/c17-14-3-1-13-9-15(4-2-12(13)8-14)19-16(18)7-11-5-6-20-10-11/h1-6,8-10H,7H2. The average molecular weight is 347 g/mol. The summed E-state index contributed by atoms with van der Waals surface area (Å²) in [5.41, 5.74) is 0.990. The lowest BCUT2D eigenvalue weighted by Crippen LogP contribution is -2.10. The molecule has 0 fully saturated rings. The highest BCUT2D eigenvalue weighted by atomic mass is 79.9. The second-order valence-corrected chi connectivity index (χ2v) is 6.13. The number of ether oxygens (including phenoxy) is 1. The molecule has 4 heteroatoms. The molecule has 1 heterocycles. The van der Waals surface area contributed by atoms with E-state index in [2.05, 4.69) is 15.9 Å². The van der Waals surface area contributed by atoms with Crippen LogP contribution in [0.25, 0.3) is 10.8 Å². The minimum atomic E-state index is -0.236. The molecule has 0 N–H and O–H groups in total. The highest BCUT2D eigenvalue weighted by Crippen LogP contribution is 2.24. The van der Waals surface area contributed by atoms with Gasteiger partial charge in [-0.25, -0.2) is 0 Å². The molecular formula is C16H11BrO2S. The maximum absolute atomic E-state index is 11.8. The van der Waals surface area contributed by atoms with Crippen LogP contribution in [0.2, 0.25) is 0 Å². The summed E-state index contributed by atoms with van der Waals surface area (Å²) in [4.78, 5) is 11.8. The molecule has 3 aromatic rings. The highest BCUT2D eigenvalue weighted by molar-refractivity contribution is 9.10. The van der Waals surface area contributed by atoms with Crippen molar-refractivity contribution in [1.29, 1.82) is 0 Å². The van der Waals surface area contributed by atoms with Crippen LogP contribution in [-0.2, 0) is 11.2 Å². The van der Waals surface area contributed by atoms with Gasteiger partial charge in [0.1, 0.15) is 5.75 Å². The molecule has 0 aliphatic carbocycles. The first-order valence-electron chi connectivity index (χ1n) is 6.12. The third kappa shape index (κ3) is 3.08. The van der Waals surface area contributed by atoms with E-state index in [1.54, 1.807) is 11.3 Å². The summed E-state index contributed by atoms with van der Waals surface area (Å²) in [5.74, 6) is 0.347. The van der Waals surface area contributed by atoms with Crippen LogP contribution in [0.15, 0.2) is 57.7 Å². The summed E-state index contributed by atoms with van der Waals surface area (Å²) in [7, 11) is 0. The van der Waals surface area contributed by atoms with Crippen LogP contribution in [0.3, 0.4) is 0 Å². The summed E-state index contributed by atoms with van der Waals surface area (Å²) in [6.45, 7) is 0. The lowest BCUT2D eigenvalue weighted by atomic mass is 10.1. The third-order valence-electron chi connectivity index (χ3n) is 2.93. The molecule has 0 spiro atoms. The van der Waals surface area contributed by atoms with Gasteiger partial charge in [0.15, 0.2) is 0 Å². The second kappa shape index (κ2) is 5.77. The van der Waals surface area contributed by atoms with Crippen molar-refractivity contribution in [1.82, 2.24) is 0 Å². The average Bonchev–Trinajstić information content (AvgIpc) is 2.91. The lowest BCUT2D eigenvalue weighted by Gasteiger charge is -2.05. The number of carbonyl (C=O) groups is 1. The molecule has 0 saturated heterocycles. The Labute approximate surface area is 129 Å². The fourth-order valence-corrected chi connectivity index (χ4v) is 3.03. The van der Waals surface area contributed by atoms with Crippen LogP contribution >= 0.6 is 27.3 Å². The van der Waals surface area contributed by atoms with Crippen LogP contribution in [0, 0.1) is 0 Å². The summed E-state index contributed by atoms with van der Waals surface area (Å²) in [5, 5.41) is 6.07. The maximum atomic E-state index is 11.8. The van der Waals surface area contributed by atoms with Gasteiger partial charge in [-0.2, -0.15) is 11.3 Å². The molecule has 3 rings (SSSR count). The van der Waals surface area contributed by atoms with Crippen molar-refractivity contribution in [2.24, 2.45) is 0 Å². The molecule has 0 atom stereocenters. The van der Waals surface area contributed by atoms with E-state index in [0.717, 1.165) is 20.8 Å². The van der Waals surface area contributed by atoms with E-state index in [-0.39, 0.29) is 5.97 Å². The largest absolute Gasteiger partial charge is 0.426 e. The molecule has 0 saturated carbocycles. The Morgan fingerprint density at radius 1 is 1.10 bits per heavy atom. The van der Waals surface area contributed by atoms with Crippen LogP contribution < -0.4 is 4.74 Å². The van der Waals surface area contributed by atoms with Crippen molar-refractivity contribution in [3.05, 3.63) is 63.3 Å². The molecule has 0 aliphatic rings. The quantitative estimate of drug-likeness (QED) is 0.502. The van der Waals surface area contributed by atoms with Crippen molar-refractivity contribution in [2.75, 3.05) is 0 Å². The normalized spacial score (nSPS) is 10.7. The Balaban J connectivity index is 1.77. The molecule has 2 nitrogen and oxygen atoms in total. The first-order valence-corrected chi connectivity index (χ1v) is 7.85. The fourth-order valence-electron chi connectivity index (χ4n) is 1.99. The van der Waals surface area contributed by atoms with Gasteiger partial charge < -0.3 is 4.74 Å². The first-order chi connectivity index (χ1) is 9.70. The Bertz CT molecular complexity index is 750. The molecule has 0 amide bonds. The number of esters is 1. The van der Waals surface area contributed by atoms with E-state index in [1.165, 1.54) is 0 Å². The van der Waals surface area contributed by atoms with E-state index < -0.39 is 0 Å². The van der Waals surface area contributed by atoms with E-state index in [1.807, 2.05) is 53.2 Å². The predicted octanol–water partition coefficient (Wildman–Crippen LogP) is 4.81. The minimum absolute atomic E-state index is 0.236. The number of carbonyl (C=O) groups excluding carboxylic acids is 1. The van der Waals surface area contributed by atoms with Crippen molar-refractivity contribution >= 4 is 44.0 Å². The van der Waals surface area contributed by atoms with Crippen molar-refractivity contribution < 1.29 is 9.53 Å². The highest BCUT2D eigenvalue weighted by Gasteiger charge is 2.07. The number of hydrogen-bond acceptors (Lipinski definition) is 3.